The van der Waals surface area contributed by atoms with Crippen molar-refractivity contribution in [3.63, 3.8) is 0 Å². The molecule has 3 aromatic rings. The van der Waals surface area contributed by atoms with Crippen LogP contribution in [0.1, 0.15) is 11.1 Å². The molecule has 0 bridgehead atoms. The number of hydrogen-bond donors (Lipinski definition) is 1. The van der Waals surface area contributed by atoms with Gasteiger partial charge in [0.2, 0.25) is 6.79 Å². The fourth-order valence-electron chi connectivity index (χ4n) is 3.71. The first-order valence-electron chi connectivity index (χ1n) is 8.00. The lowest BCUT2D eigenvalue weighted by atomic mass is 9.83. The van der Waals surface area contributed by atoms with Crippen molar-refractivity contribution in [1.82, 2.24) is 0 Å². The molecule has 1 aliphatic carbocycles. The summed E-state index contributed by atoms with van der Waals surface area (Å²) in [5, 5.41) is 12.2. The number of benzene rings is 3. The van der Waals surface area contributed by atoms with Crippen LogP contribution in [0.5, 0.6) is 23.0 Å². The summed E-state index contributed by atoms with van der Waals surface area (Å²) >= 11 is 0. The van der Waals surface area contributed by atoms with Crippen molar-refractivity contribution in [1.29, 1.82) is 0 Å². The maximum Gasteiger partial charge on any atom is 0.231 e. The monoisotopic (exact) mass is 320 g/mol. The first-order chi connectivity index (χ1) is 11.7. The molecule has 2 aliphatic rings. The van der Waals surface area contributed by atoms with Crippen molar-refractivity contribution in [2.75, 3.05) is 13.9 Å². The Morgan fingerprint density at radius 3 is 2.42 bits per heavy atom. The van der Waals surface area contributed by atoms with Crippen LogP contribution in [-0.4, -0.2) is 19.0 Å². The summed E-state index contributed by atoms with van der Waals surface area (Å²) in [4.78, 5) is 0. The van der Waals surface area contributed by atoms with Gasteiger partial charge in [-0.1, -0.05) is 6.07 Å². The van der Waals surface area contributed by atoms with Crippen LogP contribution in [0, 0.1) is 0 Å². The average molecular weight is 320 g/mol. The fraction of sp³-hybridized carbons (Fsp3) is 0.200. The second-order valence-electron chi connectivity index (χ2n) is 6.21. The van der Waals surface area contributed by atoms with Gasteiger partial charge >= 0.3 is 0 Å². The molecule has 0 aromatic heterocycles. The number of ether oxygens (including phenoxy) is 3. The van der Waals surface area contributed by atoms with Crippen LogP contribution in [0.2, 0.25) is 0 Å². The van der Waals surface area contributed by atoms with E-state index < -0.39 is 0 Å². The highest BCUT2D eigenvalue weighted by molar-refractivity contribution is 5.95. The Balaban J connectivity index is 1.76. The third-order valence-corrected chi connectivity index (χ3v) is 4.95. The van der Waals surface area contributed by atoms with Gasteiger partial charge in [-0.3, -0.25) is 0 Å². The molecule has 4 heteroatoms. The topological polar surface area (TPSA) is 47.9 Å². The Kier molecular flexibility index (Phi) is 2.71. The van der Waals surface area contributed by atoms with Crippen LogP contribution in [0.25, 0.3) is 21.9 Å². The van der Waals surface area contributed by atoms with Crippen LogP contribution in [0.15, 0.2) is 36.4 Å². The second kappa shape index (κ2) is 4.81. The molecule has 1 aliphatic heterocycles. The van der Waals surface area contributed by atoms with E-state index in [0.717, 1.165) is 35.1 Å². The summed E-state index contributed by atoms with van der Waals surface area (Å²) in [6.45, 7) is 0.288. The summed E-state index contributed by atoms with van der Waals surface area (Å²) in [6.07, 6.45) is 1.89. The molecule has 120 valence electrons. The van der Waals surface area contributed by atoms with Crippen molar-refractivity contribution < 1.29 is 19.3 Å². The number of phenols is 1. The van der Waals surface area contributed by atoms with Crippen LogP contribution in [0.3, 0.4) is 0 Å². The number of rotatable bonds is 1. The zero-order chi connectivity index (χ0) is 16.3. The lowest BCUT2D eigenvalue weighted by Gasteiger charge is -2.21. The third kappa shape index (κ3) is 1.80. The Labute approximate surface area is 139 Å². The van der Waals surface area contributed by atoms with E-state index in [1.807, 2.05) is 6.07 Å². The SMILES string of the molecule is COc1ccc2cc3c(cc2c1O)CCc1cc2c(cc1-3)OCO2. The van der Waals surface area contributed by atoms with Crippen molar-refractivity contribution in [2.45, 2.75) is 12.8 Å². The molecule has 1 N–H and O–H groups in total. The van der Waals surface area contributed by atoms with E-state index >= 15 is 0 Å². The van der Waals surface area contributed by atoms with Crippen molar-refractivity contribution in [2.24, 2.45) is 0 Å². The average Bonchev–Trinajstić information content (AvgIpc) is 3.06. The molecule has 0 fully saturated rings. The van der Waals surface area contributed by atoms with Gasteiger partial charge < -0.3 is 19.3 Å². The molecule has 0 unspecified atom stereocenters. The van der Waals surface area contributed by atoms with Gasteiger partial charge in [-0.2, -0.15) is 0 Å². The van der Waals surface area contributed by atoms with Crippen molar-refractivity contribution in [3.8, 4) is 34.1 Å². The maximum atomic E-state index is 10.4. The minimum Gasteiger partial charge on any atom is -0.504 e. The van der Waals surface area contributed by atoms with Gasteiger partial charge in [0.05, 0.1) is 7.11 Å². The summed E-state index contributed by atoms with van der Waals surface area (Å²) in [6, 6.07) is 12.2. The van der Waals surface area contributed by atoms with Gasteiger partial charge in [0, 0.05) is 5.39 Å². The van der Waals surface area contributed by atoms with Crippen molar-refractivity contribution >= 4 is 10.8 Å². The van der Waals surface area contributed by atoms with Gasteiger partial charge in [0.25, 0.3) is 0 Å². The van der Waals surface area contributed by atoms with Gasteiger partial charge in [-0.25, -0.2) is 0 Å². The summed E-state index contributed by atoms with van der Waals surface area (Å²) < 4.78 is 16.3. The van der Waals surface area contributed by atoms with Gasteiger partial charge in [0.15, 0.2) is 23.0 Å². The Morgan fingerprint density at radius 2 is 1.62 bits per heavy atom. The van der Waals surface area contributed by atoms with Gasteiger partial charge in [-0.05, 0) is 70.8 Å². The second-order valence-corrected chi connectivity index (χ2v) is 6.21. The minimum atomic E-state index is 0.203. The Hall–Kier alpha value is -2.88. The fourth-order valence-corrected chi connectivity index (χ4v) is 3.71. The maximum absolute atomic E-state index is 10.4. The van der Waals surface area contributed by atoms with E-state index in [1.54, 1.807) is 13.2 Å². The lowest BCUT2D eigenvalue weighted by molar-refractivity contribution is 0.174. The van der Waals surface area contributed by atoms with Crippen LogP contribution in [-0.2, 0) is 12.8 Å². The molecule has 24 heavy (non-hydrogen) atoms. The largest absolute Gasteiger partial charge is 0.504 e. The minimum absolute atomic E-state index is 0.203. The van der Waals surface area contributed by atoms with E-state index in [1.165, 1.54) is 22.3 Å². The Morgan fingerprint density at radius 1 is 0.917 bits per heavy atom. The van der Waals surface area contributed by atoms with E-state index in [2.05, 4.69) is 24.3 Å². The first-order valence-corrected chi connectivity index (χ1v) is 8.00. The predicted molar refractivity (Wildman–Crippen MR) is 91.1 cm³/mol. The lowest BCUT2D eigenvalue weighted by Crippen LogP contribution is -2.04. The van der Waals surface area contributed by atoms with E-state index in [9.17, 15) is 5.11 Å². The van der Waals surface area contributed by atoms with E-state index in [0.29, 0.717) is 5.75 Å². The predicted octanol–water partition coefficient (Wildman–Crippen LogP) is 4.05. The molecule has 0 amide bonds. The van der Waals surface area contributed by atoms with Gasteiger partial charge in [-0.15, -0.1) is 0 Å². The zero-order valence-electron chi connectivity index (χ0n) is 13.3. The normalized spacial score (nSPS) is 14.4. The standard InChI is InChI=1S/C20H16O4/c1-22-17-5-4-12-6-14-11(7-16(12)20(17)21)2-3-13-8-18-19(9-15(13)14)24-10-23-18/h4-9,21H,2-3,10H2,1H3. The number of phenolic OH excluding ortho intramolecular Hbond substituents is 1. The number of fused-ring (bicyclic) bond motifs is 5. The molecule has 0 saturated heterocycles. The molecule has 0 radical (unpaired) electrons. The molecular weight excluding hydrogens is 304 g/mol. The van der Waals surface area contributed by atoms with E-state index in [4.69, 9.17) is 14.2 Å². The van der Waals surface area contributed by atoms with Crippen LogP contribution < -0.4 is 14.2 Å². The van der Waals surface area contributed by atoms with E-state index in [-0.39, 0.29) is 12.5 Å². The molecule has 0 saturated carbocycles. The van der Waals surface area contributed by atoms with Crippen LogP contribution >= 0.6 is 0 Å². The molecule has 1 heterocycles. The molecule has 0 spiro atoms. The Bertz CT molecular complexity index is 991. The van der Waals surface area contributed by atoms with Gasteiger partial charge in [0.1, 0.15) is 0 Å². The smallest absolute Gasteiger partial charge is 0.231 e. The summed E-state index contributed by atoms with van der Waals surface area (Å²) in [5.74, 6) is 2.34. The molecule has 0 atom stereocenters. The summed E-state index contributed by atoms with van der Waals surface area (Å²) in [5.41, 5.74) is 4.91. The summed E-state index contributed by atoms with van der Waals surface area (Å²) in [7, 11) is 1.57. The number of hydrogen-bond acceptors (Lipinski definition) is 4. The zero-order valence-corrected chi connectivity index (χ0v) is 13.3. The van der Waals surface area contributed by atoms with Crippen LogP contribution in [0.4, 0.5) is 0 Å². The quantitative estimate of drug-likeness (QED) is 0.735. The molecular formula is C20H16O4. The third-order valence-electron chi connectivity index (χ3n) is 4.95. The number of aromatic hydroxyl groups is 1. The van der Waals surface area contributed by atoms with Crippen molar-refractivity contribution in [3.05, 3.63) is 47.5 Å². The highest BCUT2D eigenvalue weighted by Gasteiger charge is 2.23. The first kappa shape index (κ1) is 13.5. The number of methoxy groups -OCH3 is 1. The molecule has 5 rings (SSSR count). The highest BCUT2D eigenvalue weighted by Crippen LogP contribution is 2.45. The molecule has 4 nitrogen and oxygen atoms in total. The number of aryl methyl sites for hydroxylation is 2. The highest BCUT2D eigenvalue weighted by atomic mass is 16.7. The molecule has 3 aromatic carbocycles.